The van der Waals surface area contributed by atoms with Gasteiger partial charge in [0.1, 0.15) is 0 Å². The van der Waals surface area contributed by atoms with Gasteiger partial charge in [0.25, 0.3) is 0 Å². The second kappa shape index (κ2) is 0.925. The highest BCUT2D eigenvalue weighted by atomic mass is 32.3. The highest BCUT2D eigenvalue weighted by molar-refractivity contribution is 7.79. The summed E-state index contributed by atoms with van der Waals surface area (Å²) in [4.78, 5) is 0. The van der Waals surface area contributed by atoms with Gasteiger partial charge < -0.3 is 9.11 Å². The van der Waals surface area contributed by atoms with Gasteiger partial charge in [-0.05, 0) is 0 Å². The van der Waals surface area contributed by atoms with Crippen LogP contribution in [0.25, 0.3) is 0 Å². The predicted octanol–water partition coefficient (Wildman–Crippen LogP) is -1.34. The first-order chi connectivity index (χ1) is 2.00. The highest BCUT2D eigenvalue weighted by Crippen LogP contribution is 1.57. The van der Waals surface area contributed by atoms with Crippen molar-refractivity contribution in [2.75, 3.05) is 0 Å². The maximum atomic E-state index is 8.52. The van der Waals surface area contributed by atoms with Crippen LogP contribution in [0, 0.1) is 0 Å². The van der Waals surface area contributed by atoms with E-state index in [1.807, 2.05) is 0 Å². The quantitative estimate of drug-likeness (QED) is 0.216. The van der Waals surface area contributed by atoms with E-state index in [0.29, 0.717) is 0 Å². The SMILES string of the molecule is [18O]=S(=[18O])([18O-])[18O-]. The van der Waals surface area contributed by atoms with Gasteiger partial charge in [-0.2, -0.15) is 0 Å². The molecule has 0 radical (unpaired) electrons. The van der Waals surface area contributed by atoms with Gasteiger partial charge in [0, 0.05) is 10.4 Å². The molecule has 0 N–H and O–H groups in total. The van der Waals surface area contributed by atoms with Gasteiger partial charge in [0.2, 0.25) is 0 Å². The van der Waals surface area contributed by atoms with Crippen LogP contribution in [0.5, 0.6) is 0 Å². The molecule has 0 unspecified atom stereocenters. The van der Waals surface area contributed by atoms with Gasteiger partial charge >= 0.3 is 0 Å². The molecule has 0 bridgehead atoms. The molecule has 0 aromatic heterocycles. The summed E-state index contributed by atoms with van der Waals surface area (Å²) in [5, 5.41) is 0. The van der Waals surface area contributed by atoms with Crippen LogP contribution in [0.2, 0.25) is 0 Å². The molecule has 5 heavy (non-hydrogen) atoms. The van der Waals surface area contributed by atoms with Crippen LogP contribution >= 0.6 is 0 Å². The molecule has 0 atom stereocenters. The van der Waals surface area contributed by atoms with Crippen molar-refractivity contribution < 1.29 is 17.5 Å². The normalized spacial score (nSPS) is 11.6. The summed E-state index contributed by atoms with van der Waals surface area (Å²) in [6.07, 6.45) is 0. The fourth-order valence-corrected chi connectivity index (χ4v) is 0. The molecule has 0 saturated heterocycles. The fraction of sp³-hybridized carbons (Fsp3) is 0. The molecule has 0 aliphatic carbocycles. The van der Waals surface area contributed by atoms with Crippen LogP contribution in [0.4, 0.5) is 0 Å². The lowest BCUT2D eigenvalue weighted by atomic mass is 17.8. The third-order valence-corrected chi connectivity index (χ3v) is 0. The second-order valence-corrected chi connectivity index (χ2v) is 1.22. The van der Waals surface area contributed by atoms with Crippen molar-refractivity contribution in [3.63, 3.8) is 0 Å². The predicted molar refractivity (Wildman–Crippen MR) is 10.5 cm³/mol. The minimum absolute atomic E-state index is 5.17. The molecule has 0 aliphatic rings. The first kappa shape index (κ1) is 4.87. The van der Waals surface area contributed by atoms with Gasteiger partial charge in [0.15, 0.2) is 0 Å². The molecular weight excluding hydrogens is 104 g/mol. The average molecular weight is 104 g/mol. The Kier molecular flexibility index (Phi) is 0.901. The Labute approximate surface area is 29.0 Å². The van der Waals surface area contributed by atoms with Crippen molar-refractivity contribution in [2.45, 2.75) is 0 Å². The number of hydrogen-bond acceptors (Lipinski definition) is 4. The summed E-state index contributed by atoms with van der Waals surface area (Å²) in [7, 11) is -5.17. The fourth-order valence-electron chi connectivity index (χ4n) is 0. The van der Waals surface area contributed by atoms with E-state index in [0.717, 1.165) is 0 Å². The molecule has 0 fully saturated rings. The summed E-state index contributed by atoms with van der Waals surface area (Å²) >= 11 is 0. The Morgan fingerprint density at radius 1 is 1.20 bits per heavy atom. The zero-order valence-electron chi connectivity index (χ0n) is 2.04. The summed E-state index contributed by atoms with van der Waals surface area (Å²) in [5.74, 6) is 0. The van der Waals surface area contributed by atoms with E-state index in [4.69, 9.17) is 17.5 Å². The van der Waals surface area contributed by atoms with Crippen molar-refractivity contribution in [3.8, 4) is 0 Å². The molecule has 0 aromatic rings. The Balaban J connectivity index is 4.06. The van der Waals surface area contributed by atoms with Gasteiger partial charge in [-0.25, -0.2) is 0 Å². The largest absolute Gasteiger partial charge is 0.759 e. The first-order valence-corrected chi connectivity index (χ1v) is 2.00. The molecule has 0 saturated carbocycles. The van der Waals surface area contributed by atoms with E-state index in [2.05, 4.69) is 0 Å². The van der Waals surface area contributed by atoms with Crippen LogP contribution in [0.15, 0.2) is 0 Å². The van der Waals surface area contributed by atoms with Gasteiger partial charge in [0.05, 0.1) is 0 Å². The van der Waals surface area contributed by atoms with Crippen LogP contribution in [0.3, 0.4) is 0 Å². The molecule has 0 amide bonds. The lowest BCUT2D eigenvalue weighted by Gasteiger charge is -2.06. The Hall–Kier alpha value is -0.130. The number of hydrogen-bond donors (Lipinski definition) is 0. The molecule has 0 rings (SSSR count). The van der Waals surface area contributed by atoms with E-state index in [9.17, 15) is 0 Å². The van der Waals surface area contributed by atoms with E-state index >= 15 is 0 Å². The van der Waals surface area contributed by atoms with Crippen molar-refractivity contribution in [3.05, 3.63) is 0 Å². The summed E-state index contributed by atoms with van der Waals surface area (Å²) < 4.78 is 34.1. The molecule has 32 valence electrons. The van der Waals surface area contributed by atoms with E-state index < -0.39 is 10.4 Å². The molecule has 0 aromatic carbocycles. The first-order valence-electron chi connectivity index (χ1n) is 0.667. The molecule has 5 heteroatoms. The van der Waals surface area contributed by atoms with Gasteiger partial charge in [-0.15, -0.1) is 0 Å². The Bertz CT molecular complexity index is 86.8. The lowest BCUT2D eigenvalue weighted by molar-refractivity contribution is 0.352. The van der Waals surface area contributed by atoms with Crippen molar-refractivity contribution in [2.24, 2.45) is 0 Å². The van der Waals surface area contributed by atoms with Crippen LogP contribution < -0.4 is 0 Å². The third-order valence-electron chi connectivity index (χ3n) is 0. The smallest absolute Gasteiger partial charge is 0.0311 e. The van der Waals surface area contributed by atoms with E-state index in [1.54, 1.807) is 0 Å². The summed E-state index contributed by atoms with van der Waals surface area (Å²) in [6.45, 7) is 0. The molecule has 0 aliphatic heterocycles. The van der Waals surface area contributed by atoms with Crippen molar-refractivity contribution in [1.29, 1.82) is 0 Å². The van der Waals surface area contributed by atoms with Gasteiger partial charge in [-0.1, -0.05) is 0 Å². The van der Waals surface area contributed by atoms with E-state index in [1.165, 1.54) is 0 Å². The zero-order valence-corrected chi connectivity index (χ0v) is 2.86. The zero-order chi connectivity index (χ0) is 4.50. The maximum absolute atomic E-state index is 8.52. The second-order valence-electron chi connectivity index (χ2n) is 0.408. The third kappa shape index (κ3) is 801. The summed E-state index contributed by atoms with van der Waals surface area (Å²) in [5.41, 5.74) is 0. The monoisotopic (exact) mass is 104 g/mol. The molecular formula is O4S-2. The van der Waals surface area contributed by atoms with Gasteiger partial charge in [-0.3, -0.25) is 8.42 Å². The minimum atomic E-state index is -5.17. The van der Waals surface area contributed by atoms with Crippen LogP contribution in [-0.4, -0.2) is 17.5 Å². The number of rotatable bonds is 0. The Morgan fingerprint density at radius 2 is 1.20 bits per heavy atom. The minimum Gasteiger partial charge on any atom is -0.759 e. The molecule has 0 heterocycles. The standard InChI is InChI=1S/H2O4S/c1-5(2,3)4/h(H2,1,2,3,4)/p-2/i1+2,2+2,3+2,4+2. The van der Waals surface area contributed by atoms with Crippen molar-refractivity contribution >= 4 is 10.4 Å². The Morgan fingerprint density at radius 3 is 1.20 bits per heavy atom. The highest BCUT2D eigenvalue weighted by Gasteiger charge is 1.49. The summed E-state index contributed by atoms with van der Waals surface area (Å²) in [6, 6.07) is 0. The van der Waals surface area contributed by atoms with E-state index in [-0.39, 0.29) is 0 Å². The molecule has 4 nitrogen and oxygen atoms in total. The van der Waals surface area contributed by atoms with Crippen LogP contribution in [0.1, 0.15) is 0 Å². The topological polar surface area (TPSA) is 80.3 Å². The lowest BCUT2D eigenvalue weighted by Crippen LogP contribution is -1.91. The maximum Gasteiger partial charge on any atom is 0.0311 e. The molecule has 0 spiro atoms. The average Bonchev–Trinajstić information content (AvgIpc) is 0.722. The van der Waals surface area contributed by atoms with Crippen LogP contribution in [-0.2, 0) is 10.4 Å². The van der Waals surface area contributed by atoms with Crippen molar-refractivity contribution in [1.82, 2.24) is 0 Å².